The van der Waals surface area contributed by atoms with E-state index in [0.717, 1.165) is 26.1 Å². The predicted molar refractivity (Wildman–Crippen MR) is 68.9 cm³/mol. The minimum Gasteiger partial charge on any atom is -0.374 e. The fourth-order valence-electron chi connectivity index (χ4n) is 2.07. The van der Waals surface area contributed by atoms with Crippen molar-refractivity contribution in [1.29, 1.82) is 5.26 Å². The Morgan fingerprint density at radius 1 is 1.61 bits per heavy atom. The zero-order chi connectivity index (χ0) is 13.4. The van der Waals surface area contributed by atoms with Crippen LogP contribution in [0.15, 0.2) is 0 Å². The number of hydrogen-bond acceptors (Lipinski definition) is 4. The molecule has 1 aliphatic heterocycles. The molecule has 1 rings (SSSR count). The molecule has 1 N–H and O–H groups in total. The molecule has 0 aliphatic carbocycles. The number of carbonyl (C=O) groups is 1. The van der Waals surface area contributed by atoms with Crippen molar-refractivity contribution >= 4 is 5.91 Å². The van der Waals surface area contributed by atoms with Gasteiger partial charge in [0.15, 0.2) is 0 Å². The molecule has 0 spiro atoms. The third-order valence-corrected chi connectivity index (χ3v) is 3.22. The van der Waals surface area contributed by atoms with Crippen LogP contribution in [0, 0.1) is 17.2 Å². The van der Waals surface area contributed by atoms with Crippen LogP contribution in [0.4, 0.5) is 0 Å². The van der Waals surface area contributed by atoms with E-state index in [-0.39, 0.29) is 12.0 Å². The van der Waals surface area contributed by atoms with Gasteiger partial charge in [-0.1, -0.05) is 20.3 Å². The molecular formula is C13H23N3O2. The van der Waals surface area contributed by atoms with Gasteiger partial charge in [-0.25, -0.2) is 0 Å². The van der Waals surface area contributed by atoms with E-state index >= 15 is 0 Å². The van der Waals surface area contributed by atoms with Crippen LogP contribution in [0.5, 0.6) is 0 Å². The lowest BCUT2D eigenvalue weighted by molar-refractivity contribution is -0.124. The van der Waals surface area contributed by atoms with Crippen LogP contribution in [0.2, 0.25) is 0 Å². The molecule has 1 aliphatic rings. The van der Waals surface area contributed by atoms with Gasteiger partial charge in [-0.3, -0.25) is 9.69 Å². The fraction of sp³-hybridized carbons (Fsp3) is 0.846. The maximum Gasteiger partial charge on any atom is 0.237 e. The highest BCUT2D eigenvalue weighted by Gasteiger charge is 2.22. The Morgan fingerprint density at radius 3 is 3.00 bits per heavy atom. The Bertz CT molecular complexity index is 301. The van der Waals surface area contributed by atoms with Crippen molar-refractivity contribution in [2.24, 2.45) is 5.92 Å². The topological polar surface area (TPSA) is 65.4 Å². The first-order valence-electron chi connectivity index (χ1n) is 6.72. The van der Waals surface area contributed by atoms with E-state index in [0.29, 0.717) is 19.6 Å². The Kier molecular flexibility index (Phi) is 6.69. The van der Waals surface area contributed by atoms with Crippen molar-refractivity contribution in [3.05, 3.63) is 0 Å². The summed E-state index contributed by atoms with van der Waals surface area (Å²) in [5.41, 5.74) is 0. The number of ether oxygens (including phenoxy) is 1. The van der Waals surface area contributed by atoms with Crippen LogP contribution in [0.1, 0.15) is 26.7 Å². The van der Waals surface area contributed by atoms with Crippen molar-refractivity contribution in [2.45, 2.75) is 32.8 Å². The van der Waals surface area contributed by atoms with Gasteiger partial charge in [0.05, 0.1) is 18.8 Å². The molecule has 0 aromatic rings. The second-order valence-electron chi connectivity index (χ2n) is 4.60. The lowest BCUT2D eigenvalue weighted by Gasteiger charge is -2.32. The van der Waals surface area contributed by atoms with Gasteiger partial charge >= 0.3 is 0 Å². The van der Waals surface area contributed by atoms with E-state index in [2.05, 4.69) is 17.1 Å². The summed E-state index contributed by atoms with van der Waals surface area (Å²) in [5, 5.41) is 11.7. The molecule has 0 saturated carbocycles. The molecule has 0 aromatic carbocycles. The van der Waals surface area contributed by atoms with E-state index < -0.39 is 5.92 Å². The lowest BCUT2D eigenvalue weighted by Crippen LogP contribution is -2.48. The zero-order valence-electron chi connectivity index (χ0n) is 11.3. The molecule has 2 unspecified atom stereocenters. The Hall–Kier alpha value is -1.12. The summed E-state index contributed by atoms with van der Waals surface area (Å²) in [4.78, 5) is 14.1. The molecule has 1 fully saturated rings. The summed E-state index contributed by atoms with van der Waals surface area (Å²) in [6.07, 6.45) is 1.51. The minimum absolute atomic E-state index is 0.0450. The predicted octanol–water partition coefficient (Wildman–Crippen LogP) is 0.763. The maximum atomic E-state index is 11.8. The average molecular weight is 253 g/mol. The largest absolute Gasteiger partial charge is 0.374 e. The summed E-state index contributed by atoms with van der Waals surface area (Å²) in [5.74, 6) is -0.697. The summed E-state index contributed by atoms with van der Waals surface area (Å²) < 4.78 is 5.59. The standard InChI is InChI=1S/C13H23N3O2/c1-3-5-11(8-14)13(17)15-9-12-10-16(4-2)6-7-18-12/h11-12H,3-7,9-10H2,1-2H3,(H,15,17). The van der Waals surface area contributed by atoms with Crippen molar-refractivity contribution in [3.8, 4) is 6.07 Å². The Balaban J connectivity index is 2.31. The van der Waals surface area contributed by atoms with E-state index in [1.54, 1.807) is 0 Å². The molecule has 5 heteroatoms. The third-order valence-electron chi connectivity index (χ3n) is 3.22. The van der Waals surface area contributed by atoms with Crippen LogP contribution in [0.3, 0.4) is 0 Å². The third kappa shape index (κ3) is 4.63. The fourth-order valence-corrected chi connectivity index (χ4v) is 2.07. The molecule has 0 radical (unpaired) electrons. The molecule has 1 saturated heterocycles. The minimum atomic E-state index is -0.527. The molecule has 1 heterocycles. The van der Waals surface area contributed by atoms with Crippen LogP contribution in [0.25, 0.3) is 0 Å². The van der Waals surface area contributed by atoms with Crippen molar-refractivity contribution < 1.29 is 9.53 Å². The van der Waals surface area contributed by atoms with Gasteiger partial charge in [0.1, 0.15) is 5.92 Å². The van der Waals surface area contributed by atoms with Gasteiger partial charge in [0, 0.05) is 19.6 Å². The van der Waals surface area contributed by atoms with E-state index in [1.165, 1.54) is 0 Å². The summed E-state index contributed by atoms with van der Waals surface area (Å²) in [6.45, 7) is 8.11. The summed E-state index contributed by atoms with van der Waals surface area (Å²) in [6, 6.07) is 2.05. The first kappa shape index (κ1) is 14.9. The van der Waals surface area contributed by atoms with Gasteiger partial charge in [-0.15, -0.1) is 0 Å². The monoisotopic (exact) mass is 253 g/mol. The molecule has 0 aromatic heterocycles. The van der Waals surface area contributed by atoms with Gasteiger partial charge in [-0.2, -0.15) is 5.26 Å². The number of hydrogen-bond donors (Lipinski definition) is 1. The maximum absolute atomic E-state index is 11.8. The quantitative estimate of drug-likeness (QED) is 0.759. The number of nitrogens with one attached hydrogen (secondary N) is 1. The highest BCUT2D eigenvalue weighted by molar-refractivity contribution is 5.80. The van der Waals surface area contributed by atoms with Gasteiger partial charge in [0.25, 0.3) is 0 Å². The number of likely N-dealkylation sites (N-methyl/N-ethyl adjacent to an activating group) is 1. The van der Waals surface area contributed by atoms with Crippen LogP contribution < -0.4 is 5.32 Å². The second kappa shape index (κ2) is 8.06. The Labute approximate surface area is 109 Å². The number of carbonyl (C=O) groups excluding carboxylic acids is 1. The van der Waals surface area contributed by atoms with Gasteiger partial charge in [0.2, 0.25) is 5.91 Å². The molecular weight excluding hydrogens is 230 g/mol. The molecule has 18 heavy (non-hydrogen) atoms. The van der Waals surface area contributed by atoms with Gasteiger partial charge < -0.3 is 10.1 Å². The average Bonchev–Trinajstić information content (AvgIpc) is 2.42. The molecule has 102 valence electrons. The number of morpholine rings is 1. The van der Waals surface area contributed by atoms with Gasteiger partial charge in [-0.05, 0) is 13.0 Å². The van der Waals surface area contributed by atoms with E-state index in [9.17, 15) is 4.79 Å². The number of nitriles is 1. The zero-order valence-corrected chi connectivity index (χ0v) is 11.3. The number of rotatable bonds is 6. The number of amides is 1. The molecule has 2 atom stereocenters. The Morgan fingerprint density at radius 2 is 2.39 bits per heavy atom. The summed E-state index contributed by atoms with van der Waals surface area (Å²) in [7, 11) is 0. The highest BCUT2D eigenvalue weighted by Crippen LogP contribution is 2.06. The number of nitrogens with zero attached hydrogens (tertiary/aromatic N) is 2. The summed E-state index contributed by atoms with van der Waals surface area (Å²) >= 11 is 0. The van der Waals surface area contributed by atoms with Crippen molar-refractivity contribution in [2.75, 3.05) is 32.8 Å². The molecule has 1 amide bonds. The SMILES string of the molecule is CCCC(C#N)C(=O)NCC1CN(CC)CCO1. The van der Waals surface area contributed by atoms with E-state index in [4.69, 9.17) is 10.00 Å². The smallest absolute Gasteiger partial charge is 0.237 e. The van der Waals surface area contributed by atoms with Crippen molar-refractivity contribution in [3.63, 3.8) is 0 Å². The van der Waals surface area contributed by atoms with Crippen LogP contribution >= 0.6 is 0 Å². The van der Waals surface area contributed by atoms with E-state index in [1.807, 2.05) is 13.0 Å². The first-order chi connectivity index (χ1) is 8.71. The molecule has 0 bridgehead atoms. The lowest BCUT2D eigenvalue weighted by atomic mass is 10.0. The van der Waals surface area contributed by atoms with Crippen molar-refractivity contribution in [1.82, 2.24) is 10.2 Å². The second-order valence-corrected chi connectivity index (χ2v) is 4.60. The first-order valence-corrected chi connectivity index (χ1v) is 6.72. The van der Waals surface area contributed by atoms with Crippen LogP contribution in [-0.4, -0.2) is 49.7 Å². The van der Waals surface area contributed by atoms with Crippen LogP contribution in [-0.2, 0) is 9.53 Å². The highest BCUT2D eigenvalue weighted by atomic mass is 16.5. The molecule has 5 nitrogen and oxygen atoms in total. The normalized spacial score (nSPS) is 22.2.